The molecule has 2 aromatic rings. The first-order chi connectivity index (χ1) is 11.6. The Kier molecular flexibility index (Phi) is 5.87. The Morgan fingerprint density at radius 1 is 1.12 bits per heavy atom. The van der Waals surface area contributed by atoms with Crippen molar-refractivity contribution in [2.24, 2.45) is 0 Å². The number of nitrogens with zero attached hydrogens (tertiary/aromatic N) is 1. The van der Waals surface area contributed by atoms with Gasteiger partial charge in [-0.05, 0) is 50.1 Å². The molecule has 0 saturated carbocycles. The van der Waals surface area contributed by atoms with E-state index in [2.05, 4.69) is 0 Å². The lowest BCUT2D eigenvalue weighted by molar-refractivity contribution is -0.141. The van der Waals surface area contributed by atoms with Crippen LogP contribution in [0.25, 0.3) is 0 Å². The fraction of sp³-hybridized carbons (Fsp3) is 0.278. The monoisotopic (exact) mass is 381 g/mol. The number of aryl methyl sites for hydroxylation is 2. The van der Waals surface area contributed by atoms with E-state index in [1.165, 1.54) is 31.3 Å². The maximum atomic E-state index is 12.7. The van der Waals surface area contributed by atoms with Crippen LogP contribution in [0.5, 0.6) is 0 Å². The number of sulfonamides is 1. The molecule has 0 aliphatic rings. The van der Waals surface area contributed by atoms with Gasteiger partial charge in [0.15, 0.2) is 0 Å². The van der Waals surface area contributed by atoms with E-state index in [0.29, 0.717) is 5.02 Å². The lowest BCUT2D eigenvalue weighted by Gasteiger charge is -2.24. The van der Waals surface area contributed by atoms with E-state index in [-0.39, 0.29) is 11.3 Å². The van der Waals surface area contributed by atoms with Crippen molar-refractivity contribution in [1.29, 1.82) is 0 Å². The van der Waals surface area contributed by atoms with E-state index in [1.54, 1.807) is 0 Å². The molecule has 0 aliphatic carbocycles. The zero-order valence-electron chi connectivity index (χ0n) is 14.2. The van der Waals surface area contributed by atoms with Gasteiger partial charge < -0.3 is 5.11 Å². The number of hydrogen-bond acceptors (Lipinski definition) is 3. The molecule has 0 amide bonds. The highest BCUT2D eigenvalue weighted by atomic mass is 35.5. The fourth-order valence-corrected chi connectivity index (χ4v) is 4.16. The number of benzene rings is 2. The van der Waals surface area contributed by atoms with Crippen LogP contribution in [0.4, 0.5) is 0 Å². The van der Waals surface area contributed by atoms with Crippen molar-refractivity contribution in [1.82, 2.24) is 4.31 Å². The van der Waals surface area contributed by atoms with Crippen molar-refractivity contribution in [3.05, 3.63) is 64.2 Å². The molecule has 0 spiro atoms. The molecule has 0 saturated heterocycles. The average molecular weight is 382 g/mol. The molecule has 5 nitrogen and oxygen atoms in total. The molecule has 1 N–H and O–H groups in total. The predicted molar refractivity (Wildman–Crippen MR) is 97.4 cm³/mol. The summed E-state index contributed by atoms with van der Waals surface area (Å²) in [6.07, 6.45) is 0.0845. The molecule has 0 aromatic heterocycles. The predicted octanol–water partition coefficient (Wildman–Crippen LogP) is 3.27. The number of rotatable bonds is 6. The maximum Gasteiger partial charge on any atom is 0.322 e. The van der Waals surface area contributed by atoms with Gasteiger partial charge in [0.05, 0.1) is 4.90 Å². The van der Waals surface area contributed by atoms with Crippen molar-refractivity contribution in [2.75, 3.05) is 7.05 Å². The number of carboxylic acid groups (broad SMARTS) is 1. The lowest BCUT2D eigenvalue weighted by atomic mass is 10.0. The number of carbonyl (C=O) groups is 1. The molecular formula is C18H20ClNO4S. The summed E-state index contributed by atoms with van der Waals surface area (Å²) in [4.78, 5) is 11.7. The van der Waals surface area contributed by atoms with Crippen LogP contribution in [-0.2, 0) is 21.2 Å². The third-order valence-electron chi connectivity index (χ3n) is 3.93. The first kappa shape index (κ1) is 19.4. The van der Waals surface area contributed by atoms with Gasteiger partial charge in [-0.25, -0.2) is 8.42 Å². The number of carboxylic acids is 1. The summed E-state index contributed by atoms with van der Waals surface area (Å²) in [6, 6.07) is 10.2. The fourth-order valence-electron chi connectivity index (χ4n) is 2.72. The SMILES string of the molecule is Cc1cc(C)cc(C[C@@H](C(=O)O)N(C)S(=O)(=O)c2ccc(Cl)cc2)c1. The molecule has 1 atom stereocenters. The van der Waals surface area contributed by atoms with Gasteiger partial charge in [0.2, 0.25) is 10.0 Å². The van der Waals surface area contributed by atoms with E-state index < -0.39 is 22.0 Å². The highest BCUT2D eigenvalue weighted by Gasteiger charge is 2.33. The summed E-state index contributed by atoms with van der Waals surface area (Å²) in [6.45, 7) is 3.83. The van der Waals surface area contributed by atoms with Crippen LogP contribution in [0, 0.1) is 13.8 Å². The molecule has 2 rings (SSSR count). The van der Waals surface area contributed by atoms with E-state index in [4.69, 9.17) is 11.6 Å². The highest BCUT2D eigenvalue weighted by Crippen LogP contribution is 2.21. The molecule has 0 fully saturated rings. The second-order valence-corrected chi connectivity index (χ2v) is 8.46. The molecule has 134 valence electrons. The number of aliphatic carboxylic acids is 1. The normalized spacial score (nSPS) is 13.0. The van der Waals surface area contributed by atoms with Crippen LogP contribution in [0.2, 0.25) is 5.02 Å². The number of halogens is 1. The van der Waals surface area contributed by atoms with Gasteiger partial charge >= 0.3 is 5.97 Å². The summed E-state index contributed by atoms with van der Waals surface area (Å²) in [5.74, 6) is -1.20. The molecular weight excluding hydrogens is 362 g/mol. The van der Waals surface area contributed by atoms with Crippen molar-refractivity contribution in [3.8, 4) is 0 Å². The average Bonchev–Trinajstić information content (AvgIpc) is 2.51. The van der Waals surface area contributed by atoms with Gasteiger partial charge in [0.1, 0.15) is 6.04 Å². The van der Waals surface area contributed by atoms with Crippen LogP contribution in [-0.4, -0.2) is 36.9 Å². The molecule has 0 heterocycles. The lowest BCUT2D eigenvalue weighted by Crippen LogP contribution is -2.43. The Labute approximate surface area is 152 Å². The molecule has 0 aliphatic heterocycles. The summed E-state index contributed by atoms with van der Waals surface area (Å²) in [5.41, 5.74) is 2.78. The van der Waals surface area contributed by atoms with Gasteiger partial charge in [-0.1, -0.05) is 40.9 Å². The van der Waals surface area contributed by atoms with Crippen molar-refractivity contribution in [3.63, 3.8) is 0 Å². The van der Waals surface area contributed by atoms with Crippen molar-refractivity contribution < 1.29 is 18.3 Å². The maximum absolute atomic E-state index is 12.7. The van der Waals surface area contributed by atoms with Crippen LogP contribution in [0.3, 0.4) is 0 Å². The van der Waals surface area contributed by atoms with Crippen molar-refractivity contribution in [2.45, 2.75) is 31.2 Å². The second-order valence-electron chi connectivity index (χ2n) is 6.03. The van der Waals surface area contributed by atoms with Gasteiger partial charge in [0.25, 0.3) is 0 Å². The van der Waals surface area contributed by atoms with E-state index in [9.17, 15) is 18.3 Å². The topological polar surface area (TPSA) is 74.7 Å². The molecule has 0 unspecified atom stereocenters. The summed E-state index contributed by atoms with van der Waals surface area (Å²) in [7, 11) is -2.66. The highest BCUT2D eigenvalue weighted by molar-refractivity contribution is 7.89. The third kappa shape index (κ3) is 4.60. The molecule has 25 heavy (non-hydrogen) atoms. The molecule has 2 aromatic carbocycles. The standard InChI is InChI=1S/C18H20ClNO4S/c1-12-8-13(2)10-14(9-12)11-17(18(21)22)20(3)25(23,24)16-6-4-15(19)5-7-16/h4-10,17H,11H2,1-3H3,(H,21,22)/t17-/m0/s1. The third-order valence-corrected chi connectivity index (χ3v) is 6.06. The van der Waals surface area contributed by atoms with E-state index in [0.717, 1.165) is 21.0 Å². The minimum absolute atomic E-state index is 0.00562. The summed E-state index contributed by atoms with van der Waals surface area (Å²) < 4.78 is 26.4. The Bertz CT molecular complexity index is 858. The van der Waals surface area contributed by atoms with Gasteiger partial charge in [-0.3, -0.25) is 4.79 Å². The summed E-state index contributed by atoms with van der Waals surface area (Å²) in [5, 5.41) is 9.98. The zero-order chi connectivity index (χ0) is 18.8. The summed E-state index contributed by atoms with van der Waals surface area (Å²) >= 11 is 5.79. The minimum atomic E-state index is -3.95. The Hall–Kier alpha value is -1.89. The number of likely N-dealkylation sites (N-methyl/N-ethyl adjacent to an activating group) is 1. The second kappa shape index (κ2) is 7.56. The van der Waals surface area contributed by atoms with Crippen molar-refractivity contribution >= 4 is 27.6 Å². The molecule has 0 radical (unpaired) electrons. The van der Waals surface area contributed by atoms with Crippen LogP contribution >= 0.6 is 11.6 Å². The Morgan fingerprint density at radius 2 is 1.64 bits per heavy atom. The van der Waals surface area contributed by atoms with Crippen LogP contribution in [0.15, 0.2) is 47.4 Å². The number of hydrogen-bond donors (Lipinski definition) is 1. The Morgan fingerprint density at radius 3 is 2.12 bits per heavy atom. The van der Waals surface area contributed by atoms with Crippen LogP contribution in [0.1, 0.15) is 16.7 Å². The van der Waals surface area contributed by atoms with Gasteiger partial charge in [-0.2, -0.15) is 4.31 Å². The molecule has 0 bridgehead atoms. The van der Waals surface area contributed by atoms with Gasteiger partial charge in [-0.15, -0.1) is 0 Å². The largest absolute Gasteiger partial charge is 0.480 e. The minimum Gasteiger partial charge on any atom is -0.480 e. The zero-order valence-corrected chi connectivity index (χ0v) is 15.8. The Balaban J connectivity index is 2.35. The quantitative estimate of drug-likeness (QED) is 0.833. The van der Waals surface area contributed by atoms with E-state index >= 15 is 0 Å². The molecule has 7 heteroatoms. The van der Waals surface area contributed by atoms with Gasteiger partial charge in [0, 0.05) is 12.1 Å². The first-order valence-electron chi connectivity index (χ1n) is 7.65. The first-order valence-corrected chi connectivity index (χ1v) is 9.46. The smallest absolute Gasteiger partial charge is 0.322 e. The van der Waals surface area contributed by atoms with Crippen LogP contribution < -0.4 is 0 Å². The van der Waals surface area contributed by atoms with E-state index in [1.807, 2.05) is 32.0 Å².